The number of hydrogen-bond acceptors (Lipinski definition) is 2. The molecule has 1 aromatic carbocycles. The van der Waals surface area contributed by atoms with Gasteiger partial charge in [0.1, 0.15) is 5.75 Å². The van der Waals surface area contributed by atoms with Gasteiger partial charge in [0.25, 0.3) is 0 Å². The van der Waals surface area contributed by atoms with E-state index in [0.717, 1.165) is 11.3 Å². The molecular weight excluding hydrogens is 178 g/mol. The van der Waals surface area contributed by atoms with Gasteiger partial charge in [-0.3, -0.25) is 0 Å². The molecule has 72 valence electrons. The first-order chi connectivity index (χ1) is 6.01. The molecule has 3 heteroatoms. The van der Waals surface area contributed by atoms with Crippen molar-refractivity contribution in [3.05, 3.63) is 29.8 Å². The number of hydrogen-bond donors (Lipinski definition) is 1. The second-order valence-corrected chi connectivity index (χ2v) is 8.49. The van der Waals surface area contributed by atoms with Crippen molar-refractivity contribution in [3.63, 3.8) is 0 Å². The second kappa shape index (κ2) is 3.94. The van der Waals surface area contributed by atoms with E-state index >= 15 is 0 Å². The van der Waals surface area contributed by atoms with Gasteiger partial charge in [-0.2, -0.15) is 0 Å². The summed E-state index contributed by atoms with van der Waals surface area (Å²) >= 11 is 0. The van der Waals surface area contributed by atoms with E-state index in [-0.39, 0.29) is 0 Å². The van der Waals surface area contributed by atoms with Crippen molar-refractivity contribution in [2.24, 2.45) is 5.73 Å². The molecule has 1 aromatic rings. The number of rotatable bonds is 3. The van der Waals surface area contributed by atoms with Crippen LogP contribution in [0.4, 0.5) is 0 Å². The zero-order chi connectivity index (χ0) is 9.90. The minimum Gasteiger partial charge on any atom is -0.544 e. The van der Waals surface area contributed by atoms with E-state index < -0.39 is 8.32 Å². The van der Waals surface area contributed by atoms with Crippen molar-refractivity contribution >= 4 is 8.32 Å². The van der Waals surface area contributed by atoms with Gasteiger partial charge in [-0.05, 0) is 37.3 Å². The number of benzene rings is 1. The van der Waals surface area contributed by atoms with Crippen molar-refractivity contribution in [1.29, 1.82) is 0 Å². The molecule has 0 heterocycles. The van der Waals surface area contributed by atoms with Gasteiger partial charge in [0.05, 0.1) is 0 Å². The third-order valence-corrected chi connectivity index (χ3v) is 2.41. The predicted molar refractivity (Wildman–Crippen MR) is 58.3 cm³/mol. The van der Waals surface area contributed by atoms with Crippen LogP contribution in [0.15, 0.2) is 24.3 Å². The Labute approximate surface area is 80.8 Å². The van der Waals surface area contributed by atoms with E-state index in [1.807, 2.05) is 24.3 Å². The molecule has 13 heavy (non-hydrogen) atoms. The van der Waals surface area contributed by atoms with Gasteiger partial charge in [-0.25, -0.2) is 0 Å². The molecule has 0 fully saturated rings. The summed E-state index contributed by atoms with van der Waals surface area (Å²) in [4.78, 5) is 0. The minimum absolute atomic E-state index is 0.572. The predicted octanol–water partition coefficient (Wildman–Crippen LogP) is 2.36. The second-order valence-electron chi connectivity index (χ2n) is 4.07. The lowest BCUT2D eigenvalue weighted by Crippen LogP contribution is -2.29. The first-order valence-corrected chi connectivity index (χ1v) is 7.90. The average molecular weight is 195 g/mol. The van der Waals surface area contributed by atoms with Crippen molar-refractivity contribution in [1.82, 2.24) is 0 Å². The molecule has 0 aliphatic carbocycles. The molecule has 0 radical (unpaired) electrons. The summed E-state index contributed by atoms with van der Waals surface area (Å²) in [6.45, 7) is 7.08. The minimum atomic E-state index is -1.47. The molecule has 0 aromatic heterocycles. The lowest BCUT2D eigenvalue weighted by atomic mass is 10.2. The molecule has 0 amide bonds. The Hall–Kier alpha value is -0.803. The lowest BCUT2D eigenvalue weighted by Gasteiger charge is -2.19. The SMILES string of the molecule is C[Si](C)(C)Oc1cccc(CN)c1. The highest BCUT2D eigenvalue weighted by atomic mass is 28.4. The van der Waals surface area contributed by atoms with E-state index in [4.69, 9.17) is 10.2 Å². The first-order valence-electron chi connectivity index (χ1n) is 4.49. The van der Waals surface area contributed by atoms with Crippen LogP contribution < -0.4 is 10.2 Å². The first kappa shape index (κ1) is 10.3. The standard InChI is InChI=1S/C10H17NOSi/c1-13(2,3)12-10-6-4-5-9(7-10)8-11/h4-7H,8,11H2,1-3H3. The van der Waals surface area contributed by atoms with Crippen LogP contribution >= 0.6 is 0 Å². The van der Waals surface area contributed by atoms with Gasteiger partial charge < -0.3 is 10.2 Å². The lowest BCUT2D eigenvalue weighted by molar-refractivity contribution is 0.557. The van der Waals surface area contributed by atoms with Gasteiger partial charge in [0, 0.05) is 6.54 Å². The largest absolute Gasteiger partial charge is 0.544 e. The van der Waals surface area contributed by atoms with E-state index in [1.54, 1.807) is 0 Å². The molecule has 1 rings (SSSR count). The van der Waals surface area contributed by atoms with Crippen LogP contribution in [0.5, 0.6) is 5.75 Å². The van der Waals surface area contributed by atoms with E-state index in [2.05, 4.69) is 19.6 Å². The Morgan fingerprint density at radius 3 is 2.54 bits per heavy atom. The third-order valence-electron chi connectivity index (χ3n) is 1.56. The van der Waals surface area contributed by atoms with Gasteiger partial charge >= 0.3 is 0 Å². The summed E-state index contributed by atoms with van der Waals surface area (Å²) < 4.78 is 5.83. The quantitative estimate of drug-likeness (QED) is 0.751. The summed E-state index contributed by atoms with van der Waals surface area (Å²) in [5.41, 5.74) is 6.66. The van der Waals surface area contributed by atoms with Crippen LogP contribution in [-0.2, 0) is 6.54 Å². The third kappa shape index (κ3) is 3.61. The molecule has 0 aliphatic rings. The highest BCUT2D eigenvalue weighted by Gasteiger charge is 2.15. The molecule has 0 spiro atoms. The Kier molecular flexibility index (Phi) is 3.11. The number of nitrogens with two attached hydrogens (primary N) is 1. The van der Waals surface area contributed by atoms with Crippen molar-refractivity contribution in [2.75, 3.05) is 0 Å². The Balaban J connectivity index is 2.78. The normalized spacial score (nSPS) is 11.4. The molecule has 0 saturated heterocycles. The van der Waals surface area contributed by atoms with Gasteiger partial charge in [-0.15, -0.1) is 0 Å². The average Bonchev–Trinajstić information content (AvgIpc) is 2.01. The van der Waals surface area contributed by atoms with Crippen molar-refractivity contribution in [3.8, 4) is 5.75 Å². The molecule has 2 nitrogen and oxygen atoms in total. The Morgan fingerprint density at radius 1 is 1.31 bits per heavy atom. The van der Waals surface area contributed by atoms with Crippen LogP contribution in [0, 0.1) is 0 Å². The summed E-state index contributed by atoms with van der Waals surface area (Å²) in [6.07, 6.45) is 0. The fourth-order valence-electron chi connectivity index (χ4n) is 1.09. The Bertz CT molecular complexity index is 280. The maximum atomic E-state index is 5.83. The zero-order valence-corrected chi connectivity index (χ0v) is 9.50. The van der Waals surface area contributed by atoms with Gasteiger partial charge in [0.2, 0.25) is 8.32 Å². The molecular formula is C10H17NOSi. The van der Waals surface area contributed by atoms with Crippen LogP contribution in [-0.4, -0.2) is 8.32 Å². The summed E-state index contributed by atoms with van der Waals surface area (Å²) in [5.74, 6) is 0.946. The molecule has 0 aliphatic heterocycles. The highest BCUT2D eigenvalue weighted by Crippen LogP contribution is 2.17. The van der Waals surface area contributed by atoms with Crippen LogP contribution in [0.1, 0.15) is 5.56 Å². The maximum Gasteiger partial charge on any atom is 0.242 e. The van der Waals surface area contributed by atoms with Crippen molar-refractivity contribution < 1.29 is 4.43 Å². The summed E-state index contributed by atoms with van der Waals surface area (Å²) in [7, 11) is -1.47. The van der Waals surface area contributed by atoms with Crippen LogP contribution in [0.2, 0.25) is 19.6 Å². The molecule has 0 atom stereocenters. The van der Waals surface area contributed by atoms with E-state index in [1.165, 1.54) is 0 Å². The smallest absolute Gasteiger partial charge is 0.242 e. The fourth-order valence-corrected chi connectivity index (χ4v) is 1.92. The monoisotopic (exact) mass is 195 g/mol. The molecule has 0 bridgehead atoms. The molecule has 0 saturated carbocycles. The van der Waals surface area contributed by atoms with Crippen molar-refractivity contribution in [2.45, 2.75) is 26.2 Å². The Morgan fingerprint density at radius 2 is 2.00 bits per heavy atom. The zero-order valence-electron chi connectivity index (χ0n) is 8.50. The van der Waals surface area contributed by atoms with Gasteiger partial charge in [0.15, 0.2) is 0 Å². The highest BCUT2D eigenvalue weighted by molar-refractivity contribution is 6.70. The molecule has 2 N–H and O–H groups in total. The summed E-state index contributed by atoms with van der Waals surface area (Å²) in [5, 5.41) is 0. The van der Waals surface area contributed by atoms with E-state index in [0.29, 0.717) is 6.54 Å². The maximum absolute atomic E-state index is 5.83. The summed E-state index contributed by atoms with van der Waals surface area (Å²) in [6, 6.07) is 7.99. The fraction of sp³-hybridized carbons (Fsp3) is 0.400. The van der Waals surface area contributed by atoms with E-state index in [9.17, 15) is 0 Å². The van der Waals surface area contributed by atoms with Crippen LogP contribution in [0.3, 0.4) is 0 Å². The topological polar surface area (TPSA) is 35.2 Å². The molecule has 0 unspecified atom stereocenters. The van der Waals surface area contributed by atoms with Gasteiger partial charge in [-0.1, -0.05) is 12.1 Å². The van der Waals surface area contributed by atoms with Crippen LogP contribution in [0.25, 0.3) is 0 Å².